The van der Waals surface area contributed by atoms with Gasteiger partial charge in [0, 0.05) is 48.3 Å². The second kappa shape index (κ2) is 8.76. The van der Waals surface area contributed by atoms with Crippen molar-refractivity contribution in [1.82, 2.24) is 9.47 Å². The molecule has 33 heavy (non-hydrogen) atoms. The van der Waals surface area contributed by atoms with Crippen molar-refractivity contribution in [3.63, 3.8) is 0 Å². The van der Waals surface area contributed by atoms with Gasteiger partial charge in [0.2, 0.25) is 0 Å². The van der Waals surface area contributed by atoms with E-state index in [1.807, 2.05) is 53.3 Å². The highest BCUT2D eigenvalue weighted by atomic mass is 32.1. The molecule has 0 saturated carbocycles. The molecule has 1 saturated heterocycles. The fourth-order valence-electron chi connectivity index (χ4n) is 4.94. The van der Waals surface area contributed by atoms with Crippen LogP contribution in [0.1, 0.15) is 34.0 Å². The molecule has 0 spiro atoms. The zero-order valence-electron chi connectivity index (χ0n) is 18.5. The Bertz CT molecular complexity index is 1280. The quantitative estimate of drug-likeness (QED) is 0.441. The largest absolute Gasteiger partial charge is 0.465 e. The Kier molecular flexibility index (Phi) is 5.80. The minimum Gasteiger partial charge on any atom is -0.465 e. The van der Waals surface area contributed by atoms with Crippen molar-refractivity contribution in [2.24, 2.45) is 5.92 Å². The molecule has 8 heteroatoms. The van der Waals surface area contributed by atoms with Crippen LogP contribution in [0, 0.1) is 12.8 Å². The summed E-state index contributed by atoms with van der Waals surface area (Å²) in [6.07, 6.45) is 1.06. The number of rotatable bonds is 3. The van der Waals surface area contributed by atoms with Gasteiger partial charge >= 0.3 is 5.97 Å². The van der Waals surface area contributed by atoms with E-state index in [2.05, 4.69) is 10.2 Å². The number of ether oxygens (including phenoxy) is 1. The predicted molar refractivity (Wildman–Crippen MR) is 135 cm³/mol. The van der Waals surface area contributed by atoms with Gasteiger partial charge in [0.25, 0.3) is 5.56 Å². The minimum absolute atomic E-state index is 0.0706. The van der Waals surface area contributed by atoms with Gasteiger partial charge in [0.15, 0.2) is 5.11 Å². The molecule has 6 nitrogen and oxygen atoms in total. The molecule has 1 fully saturated rings. The third-order valence-electron chi connectivity index (χ3n) is 6.53. The van der Waals surface area contributed by atoms with Crippen LogP contribution < -0.4 is 10.9 Å². The summed E-state index contributed by atoms with van der Waals surface area (Å²) in [6, 6.07) is 13.6. The van der Waals surface area contributed by atoms with E-state index in [-0.39, 0.29) is 17.4 Å². The van der Waals surface area contributed by atoms with Crippen molar-refractivity contribution >= 4 is 39.6 Å². The summed E-state index contributed by atoms with van der Waals surface area (Å²) in [4.78, 5) is 27.2. The summed E-state index contributed by atoms with van der Waals surface area (Å²) in [5.41, 5.74) is 4.61. The highest BCUT2D eigenvalue weighted by molar-refractivity contribution is 7.80. The first-order valence-electron chi connectivity index (χ1n) is 11.0. The summed E-state index contributed by atoms with van der Waals surface area (Å²) in [5, 5.41) is 6.58. The Balaban J connectivity index is 1.40. The van der Waals surface area contributed by atoms with Crippen LogP contribution >= 0.6 is 23.6 Å². The van der Waals surface area contributed by atoms with E-state index in [1.165, 1.54) is 18.4 Å². The van der Waals surface area contributed by atoms with Gasteiger partial charge in [-0.2, -0.15) is 0 Å². The number of thiocarbonyl (C=S) groups is 1. The monoisotopic (exact) mass is 479 g/mol. The van der Waals surface area contributed by atoms with Crippen molar-refractivity contribution in [1.29, 1.82) is 0 Å². The topological polar surface area (TPSA) is 63.6 Å². The van der Waals surface area contributed by atoms with Crippen molar-refractivity contribution in [3.05, 3.63) is 75.0 Å². The molecule has 1 N–H and O–H groups in total. The molecule has 0 amide bonds. The molecule has 2 aliphatic rings. The number of thiophene rings is 1. The zero-order valence-corrected chi connectivity index (χ0v) is 20.2. The van der Waals surface area contributed by atoms with Gasteiger partial charge in [0.1, 0.15) is 10.6 Å². The summed E-state index contributed by atoms with van der Waals surface area (Å²) in [7, 11) is 1.40. The Morgan fingerprint density at radius 1 is 1.15 bits per heavy atom. The van der Waals surface area contributed by atoms with Crippen LogP contribution in [0.3, 0.4) is 0 Å². The Labute approximate surface area is 201 Å². The lowest BCUT2D eigenvalue weighted by atomic mass is 9.83. The molecule has 0 radical (unpaired) electrons. The number of anilines is 1. The number of likely N-dealkylation sites (tertiary alicyclic amines) is 1. The number of nitrogens with one attached hydrogen (secondary N) is 1. The molecular weight excluding hydrogens is 454 g/mol. The first kappa shape index (κ1) is 21.9. The SMILES string of the molecule is COC(=O)c1c(-c2ccc(C)cc2)csc1NC(=S)N1C[C@@H]2C[C@H](C1)c1cccc(=O)n1C2. The minimum atomic E-state index is -0.388. The maximum atomic E-state index is 12.7. The number of hydrogen-bond acceptors (Lipinski definition) is 5. The standard InChI is InChI=1S/C25H25N3O3S2/c1-15-6-8-17(9-7-15)19-14-33-23(22(19)24(30)31-2)26-25(32)27-11-16-10-18(13-27)20-4-3-5-21(29)28(20)12-16/h3-9,14,16,18H,10-13H2,1-2H3,(H,26,32)/t16-,18+/m0/s1. The van der Waals surface area contributed by atoms with E-state index in [1.54, 1.807) is 6.07 Å². The number of carbonyl (C=O) groups is 1. The number of carbonyl (C=O) groups excluding carboxylic acids is 1. The van der Waals surface area contributed by atoms with Gasteiger partial charge in [-0.15, -0.1) is 11.3 Å². The highest BCUT2D eigenvalue weighted by Crippen LogP contribution is 2.38. The maximum Gasteiger partial charge on any atom is 0.341 e. The third kappa shape index (κ3) is 4.09. The van der Waals surface area contributed by atoms with Crippen LogP contribution in [0.4, 0.5) is 5.00 Å². The van der Waals surface area contributed by atoms with Crippen molar-refractivity contribution in [2.45, 2.75) is 25.8 Å². The van der Waals surface area contributed by atoms with Crippen LogP contribution in [0.15, 0.2) is 52.6 Å². The molecule has 1 aromatic carbocycles. The molecule has 2 aliphatic heterocycles. The van der Waals surface area contributed by atoms with E-state index < -0.39 is 0 Å². The van der Waals surface area contributed by atoms with E-state index >= 15 is 0 Å². The summed E-state index contributed by atoms with van der Waals surface area (Å²) < 4.78 is 7.01. The molecule has 2 bridgehead atoms. The van der Waals surface area contributed by atoms with Crippen molar-refractivity contribution in [3.8, 4) is 11.1 Å². The van der Waals surface area contributed by atoms with Gasteiger partial charge in [-0.1, -0.05) is 35.9 Å². The molecule has 0 unspecified atom stereocenters. The maximum absolute atomic E-state index is 12.7. The zero-order chi connectivity index (χ0) is 23.1. The van der Waals surface area contributed by atoms with Crippen LogP contribution in [0.2, 0.25) is 0 Å². The van der Waals surface area contributed by atoms with Gasteiger partial charge in [-0.25, -0.2) is 4.79 Å². The molecular formula is C25H25N3O3S2. The number of aryl methyl sites for hydroxylation is 1. The average molecular weight is 480 g/mol. The number of methoxy groups -OCH3 is 1. The van der Waals surface area contributed by atoms with Gasteiger partial charge in [-0.05, 0) is 43.1 Å². The molecule has 2 aromatic heterocycles. The first-order chi connectivity index (χ1) is 15.9. The van der Waals surface area contributed by atoms with Crippen LogP contribution in [-0.4, -0.2) is 40.7 Å². The van der Waals surface area contributed by atoms with Gasteiger partial charge in [0.05, 0.1) is 7.11 Å². The summed E-state index contributed by atoms with van der Waals surface area (Å²) in [6.45, 7) is 4.28. The number of nitrogens with zero attached hydrogens (tertiary/aromatic N) is 2. The fraction of sp³-hybridized carbons (Fsp3) is 0.320. The van der Waals surface area contributed by atoms with E-state index in [4.69, 9.17) is 17.0 Å². The normalized spacial score (nSPS) is 19.0. The molecule has 2 atom stereocenters. The lowest BCUT2D eigenvalue weighted by Crippen LogP contribution is -2.50. The van der Waals surface area contributed by atoms with Crippen LogP contribution in [0.5, 0.6) is 0 Å². The fourth-order valence-corrected chi connectivity index (χ4v) is 6.21. The lowest BCUT2D eigenvalue weighted by molar-refractivity contribution is 0.0603. The van der Waals surface area contributed by atoms with Crippen molar-refractivity contribution in [2.75, 3.05) is 25.5 Å². The number of piperidine rings is 1. The Hall–Kier alpha value is -2.97. The van der Waals surface area contributed by atoms with Gasteiger partial charge < -0.3 is 19.5 Å². The van der Waals surface area contributed by atoms with Crippen LogP contribution in [0.25, 0.3) is 11.1 Å². The summed E-state index contributed by atoms with van der Waals surface area (Å²) in [5.74, 6) is 0.237. The smallest absolute Gasteiger partial charge is 0.341 e. The second-order valence-corrected chi connectivity index (χ2v) is 10.0. The van der Waals surface area contributed by atoms with E-state index in [0.29, 0.717) is 28.1 Å². The predicted octanol–water partition coefficient (Wildman–Crippen LogP) is 4.49. The highest BCUT2D eigenvalue weighted by Gasteiger charge is 2.35. The van der Waals surface area contributed by atoms with Gasteiger partial charge in [-0.3, -0.25) is 4.79 Å². The van der Waals surface area contributed by atoms with Crippen LogP contribution in [-0.2, 0) is 11.3 Å². The lowest BCUT2D eigenvalue weighted by Gasteiger charge is -2.43. The second-order valence-electron chi connectivity index (χ2n) is 8.74. The average Bonchev–Trinajstić information content (AvgIpc) is 3.23. The molecule has 3 aromatic rings. The summed E-state index contributed by atoms with van der Waals surface area (Å²) >= 11 is 7.24. The first-order valence-corrected chi connectivity index (χ1v) is 12.3. The number of pyridine rings is 1. The number of fused-ring (bicyclic) bond motifs is 4. The molecule has 0 aliphatic carbocycles. The number of benzene rings is 1. The van der Waals surface area contributed by atoms with Crippen molar-refractivity contribution < 1.29 is 9.53 Å². The molecule has 170 valence electrons. The molecule has 4 heterocycles. The number of hydrogen-bond donors (Lipinski definition) is 1. The van der Waals surface area contributed by atoms with E-state index in [0.717, 1.165) is 41.9 Å². The number of aromatic nitrogens is 1. The Morgan fingerprint density at radius 2 is 1.94 bits per heavy atom. The third-order valence-corrected chi connectivity index (χ3v) is 7.79. The Morgan fingerprint density at radius 3 is 2.70 bits per heavy atom. The number of esters is 1. The molecule has 5 rings (SSSR count). The van der Waals surface area contributed by atoms with E-state index in [9.17, 15) is 9.59 Å².